The standard InChI is InChI=1S/C31H31ClFNO3/c1-2-5-24(20-8-10-22(11-9-20)31(37)34-19-18-29(35)36)30(21-12-14-23(32)15-13-21)27-16-17-28(33)26-7-4-3-6-25(26)27/h3-4,6-8,10,12-17,24,30H,2,5,9,11,18-19H2,1H3,(H,34,37)(H,35,36)/t24-,30?/m1/s1. The highest BCUT2D eigenvalue weighted by molar-refractivity contribution is 6.30. The number of allylic oxidation sites excluding steroid dienone is 3. The number of carboxylic acids is 1. The monoisotopic (exact) mass is 519 g/mol. The predicted molar refractivity (Wildman–Crippen MR) is 146 cm³/mol. The smallest absolute Gasteiger partial charge is 0.305 e. The first-order valence-electron chi connectivity index (χ1n) is 12.7. The third-order valence-corrected chi connectivity index (χ3v) is 7.30. The molecule has 3 aromatic carbocycles. The van der Waals surface area contributed by atoms with Crippen LogP contribution < -0.4 is 5.32 Å². The molecule has 37 heavy (non-hydrogen) atoms. The van der Waals surface area contributed by atoms with Gasteiger partial charge in [0.2, 0.25) is 5.91 Å². The molecule has 0 bridgehead atoms. The molecule has 1 aliphatic carbocycles. The van der Waals surface area contributed by atoms with Gasteiger partial charge in [-0.15, -0.1) is 0 Å². The van der Waals surface area contributed by atoms with Crippen molar-refractivity contribution in [1.82, 2.24) is 5.32 Å². The fraction of sp³-hybridized carbons (Fsp3) is 0.290. The fourth-order valence-electron chi connectivity index (χ4n) is 5.28. The van der Waals surface area contributed by atoms with E-state index < -0.39 is 5.97 Å². The van der Waals surface area contributed by atoms with E-state index in [1.54, 1.807) is 6.07 Å². The number of fused-ring (bicyclic) bond motifs is 1. The SMILES string of the molecule is CCC[C@H](C1=CC=C(C(=O)NCCC(=O)O)CC1)C(c1ccc(Cl)cc1)c1ccc(F)c2ccccc12. The summed E-state index contributed by atoms with van der Waals surface area (Å²) in [5.74, 6) is -1.27. The molecule has 1 unspecified atom stereocenters. The lowest BCUT2D eigenvalue weighted by molar-refractivity contribution is -0.136. The number of rotatable bonds is 10. The Morgan fingerprint density at radius 3 is 2.38 bits per heavy atom. The number of amides is 1. The minimum absolute atomic E-state index is 0.0201. The molecule has 3 aromatic rings. The van der Waals surface area contributed by atoms with Crippen LogP contribution in [0.15, 0.2) is 84.0 Å². The van der Waals surface area contributed by atoms with E-state index in [2.05, 4.69) is 12.2 Å². The summed E-state index contributed by atoms with van der Waals surface area (Å²) in [4.78, 5) is 23.3. The van der Waals surface area contributed by atoms with Crippen LogP contribution in [0.4, 0.5) is 4.39 Å². The Bertz CT molecular complexity index is 1350. The molecule has 1 amide bonds. The van der Waals surface area contributed by atoms with Gasteiger partial charge in [-0.3, -0.25) is 9.59 Å². The van der Waals surface area contributed by atoms with Crippen LogP contribution in [0.25, 0.3) is 10.8 Å². The maximum Gasteiger partial charge on any atom is 0.305 e. The van der Waals surface area contributed by atoms with Crippen LogP contribution in [0.3, 0.4) is 0 Å². The van der Waals surface area contributed by atoms with E-state index in [0.717, 1.165) is 35.8 Å². The van der Waals surface area contributed by atoms with Gasteiger partial charge in [-0.2, -0.15) is 0 Å². The number of nitrogens with one attached hydrogen (secondary N) is 1. The Labute approximate surface area is 221 Å². The molecule has 0 spiro atoms. The number of carbonyl (C=O) groups is 2. The Morgan fingerprint density at radius 1 is 1.00 bits per heavy atom. The largest absolute Gasteiger partial charge is 0.481 e. The van der Waals surface area contributed by atoms with E-state index in [1.165, 1.54) is 5.57 Å². The molecule has 0 saturated heterocycles. The zero-order chi connectivity index (χ0) is 26.4. The number of hydrogen-bond donors (Lipinski definition) is 2. The molecule has 6 heteroatoms. The quantitative estimate of drug-likeness (QED) is 0.293. The van der Waals surface area contributed by atoms with Gasteiger partial charge >= 0.3 is 5.97 Å². The van der Waals surface area contributed by atoms with E-state index in [0.29, 0.717) is 22.4 Å². The van der Waals surface area contributed by atoms with Gasteiger partial charge in [0.15, 0.2) is 0 Å². The maximum atomic E-state index is 14.7. The summed E-state index contributed by atoms with van der Waals surface area (Å²) >= 11 is 6.23. The van der Waals surface area contributed by atoms with E-state index >= 15 is 0 Å². The van der Waals surface area contributed by atoms with Crippen LogP contribution in [0.5, 0.6) is 0 Å². The highest BCUT2D eigenvalue weighted by atomic mass is 35.5. The van der Waals surface area contributed by atoms with Gasteiger partial charge in [-0.05, 0) is 59.9 Å². The zero-order valence-electron chi connectivity index (χ0n) is 20.8. The van der Waals surface area contributed by atoms with Gasteiger partial charge in [0.05, 0.1) is 6.42 Å². The molecule has 0 aliphatic heterocycles. The van der Waals surface area contributed by atoms with Gasteiger partial charge in [0, 0.05) is 28.4 Å². The van der Waals surface area contributed by atoms with Crippen LogP contribution in [0.2, 0.25) is 5.02 Å². The molecule has 0 saturated carbocycles. The van der Waals surface area contributed by atoms with Crippen molar-refractivity contribution in [1.29, 1.82) is 0 Å². The number of aliphatic carboxylic acids is 1. The van der Waals surface area contributed by atoms with E-state index in [-0.39, 0.29) is 36.5 Å². The van der Waals surface area contributed by atoms with Gasteiger partial charge in [-0.25, -0.2) is 4.39 Å². The molecule has 2 atom stereocenters. The Morgan fingerprint density at radius 2 is 1.73 bits per heavy atom. The van der Waals surface area contributed by atoms with Crippen LogP contribution >= 0.6 is 11.6 Å². The first-order chi connectivity index (χ1) is 17.9. The van der Waals surface area contributed by atoms with E-state index in [1.807, 2.05) is 66.7 Å². The van der Waals surface area contributed by atoms with Crippen molar-refractivity contribution in [3.63, 3.8) is 0 Å². The molecule has 192 valence electrons. The van der Waals surface area contributed by atoms with E-state index in [4.69, 9.17) is 16.7 Å². The minimum Gasteiger partial charge on any atom is -0.481 e. The Balaban J connectivity index is 1.75. The highest BCUT2D eigenvalue weighted by Crippen LogP contribution is 2.44. The van der Waals surface area contributed by atoms with Gasteiger partial charge in [0.25, 0.3) is 0 Å². The molecular weight excluding hydrogens is 489 g/mol. The lowest BCUT2D eigenvalue weighted by Gasteiger charge is -2.32. The third-order valence-electron chi connectivity index (χ3n) is 7.04. The van der Waals surface area contributed by atoms with Crippen molar-refractivity contribution >= 4 is 34.2 Å². The Kier molecular flexibility index (Phi) is 8.78. The second-order valence-corrected chi connectivity index (χ2v) is 9.88. The molecular formula is C31H31ClFNO3. The van der Waals surface area contributed by atoms with Gasteiger partial charge in [-0.1, -0.05) is 85.1 Å². The summed E-state index contributed by atoms with van der Waals surface area (Å²) in [6.07, 6.45) is 7.02. The third kappa shape index (κ3) is 6.28. The summed E-state index contributed by atoms with van der Waals surface area (Å²) in [6, 6.07) is 18.9. The van der Waals surface area contributed by atoms with Crippen LogP contribution in [0.1, 0.15) is 56.1 Å². The summed E-state index contributed by atoms with van der Waals surface area (Å²) in [5, 5.41) is 13.7. The average Bonchev–Trinajstić information content (AvgIpc) is 2.90. The molecule has 0 radical (unpaired) electrons. The summed E-state index contributed by atoms with van der Waals surface area (Å²) < 4.78 is 14.7. The molecule has 2 N–H and O–H groups in total. The van der Waals surface area contributed by atoms with Crippen molar-refractivity contribution < 1.29 is 19.1 Å². The van der Waals surface area contributed by atoms with Crippen molar-refractivity contribution in [3.05, 3.63) is 106 Å². The average molecular weight is 520 g/mol. The number of halogens is 2. The molecule has 0 fully saturated rings. The fourth-order valence-corrected chi connectivity index (χ4v) is 5.41. The van der Waals surface area contributed by atoms with Gasteiger partial charge in [0.1, 0.15) is 5.82 Å². The second-order valence-electron chi connectivity index (χ2n) is 9.44. The summed E-state index contributed by atoms with van der Waals surface area (Å²) in [6.45, 7) is 2.27. The Hall–Kier alpha value is -3.44. The predicted octanol–water partition coefficient (Wildman–Crippen LogP) is 7.42. The molecule has 0 aromatic heterocycles. The molecule has 4 nitrogen and oxygen atoms in total. The van der Waals surface area contributed by atoms with Crippen molar-refractivity contribution in [2.75, 3.05) is 6.54 Å². The maximum absolute atomic E-state index is 14.7. The summed E-state index contributed by atoms with van der Waals surface area (Å²) in [5.41, 5.74) is 4.08. The van der Waals surface area contributed by atoms with Crippen LogP contribution in [-0.4, -0.2) is 23.5 Å². The van der Waals surface area contributed by atoms with Crippen molar-refractivity contribution in [2.45, 2.75) is 44.9 Å². The topological polar surface area (TPSA) is 66.4 Å². The number of carboxylic acid groups (broad SMARTS) is 1. The molecule has 1 aliphatic rings. The number of benzene rings is 3. The number of hydrogen-bond acceptors (Lipinski definition) is 2. The van der Waals surface area contributed by atoms with E-state index in [9.17, 15) is 14.0 Å². The summed E-state index contributed by atoms with van der Waals surface area (Å²) in [7, 11) is 0. The second kappa shape index (κ2) is 12.2. The first kappa shape index (κ1) is 26.6. The highest BCUT2D eigenvalue weighted by Gasteiger charge is 2.30. The van der Waals surface area contributed by atoms with Crippen LogP contribution in [-0.2, 0) is 9.59 Å². The lowest BCUT2D eigenvalue weighted by Crippen LogP contribution is -2.28. The normalized spacial score (nSPS) is 15.0. The zero-order valence-corrected chi connectivity index (χ0v) is 21.6. The number of carbonyl (C=O) groups excluding carboxylic acids is 1. The first-order valence-corrected chi connectivity index (χ1v) is 13.1. The van der Waals surface area contributed by atoms with Crippen LogP contribution in [0, 0.1) is 11.7 Å². The van der Waals surface area contributed by atoms with Crippen molar-refractivity contribution in [2.24, 2.45) is 5.92 Å². The van der Waals surface area contributed by atoms with Crippen molar-refractivity contribution in [3.8, 4) is 0 Å². The molecule has 4 rings (SSSR count). The lowest BCUT2D eigenvalue weighted by atomic mass is 9.71. The minimum atomic E-state index is -0.941. The molecule has 0 heterocycles. The van der Waals surface area contributed by atoms with Gasteiger partial charge < -0.3 is 10.4 Å².